The summed E-state index contributed by atoms with van der Waals surface area (Å²) in [6.07, 6.45) is 1.99. The predicted octanol–water partition coefficient (Wildman–Crippen LogP) is 0.163. The maximum absolute atomic E-state index is 10.5. The molecule has 3 N–H and O–H groups in total. The van der Waals surface area contributed by atoms with Crippen LogP contribution in [0.4, 0.5) is 0 Å². The van der Waals surface area contributed by atoms with Crippen molar-refractivity contribution in [2.75, 3.05) is 19.3 Å². The van der Waals surface area contributed by atoms with Crippen molar-refractivity contribution < 1.29 is 15.0 Å². The summed E-state index contributed by atoms with van der Waals surface area (Å²) < 4.78 is 0. The highest BCUT2D eigenvalue weighted by Crippen LogP contribution is 2.04. The molecule has 0 saturated heterocycles. The molecule has 5 heteroatoms. The van der Waals surface area contributed by atoms with E-state index in [2.05, 4.69) is 5.32 Å². The van der Waals surface area contributed by atoms with E-state index in [1.165, 1.54) is 6.92 Å². The maximum Gasteiger partial charge on any atom is 0.336 e. The fourth-order valence-electron chi connectivity index (χ4n) is 0.678. The molecule has 0 fully saturated rings. The lowest BCUT2D eigenvalue weighted by Crippen LogP contribution is -2.45. The average Bonchev–Trinajstić information content (AvgIpc) is 2.03. The molecule has 4 nitrogen and oxygen atoms in total. The Morgan fingerprint density at radius 2 is 2.23 bits per heavy atom. The molecule has 0 radical (unpaired) electrons. The zero-order chi connectivity index (χ0) is 10.5. The second kappa shape index (κ2) is 5.47. The fourth-order valence-corrected chi connectivity index (χ4v) is 0.962. The van der Waals surface area contributed by atoms with Gasteiger partial charge in [0.25, 0.3) is 0 Å². The van der Waals surface area contributed by atoms with Crippen molar-refractivity contribution in [3.05, 3.63) is 0 Å². The summed E-state index contributed by atoms with van der Waals surface area (Å²) in [6, 6.07) is 0. The van der Waals surface area contributed by atoms with E-state index >= 15 is 0 Å². The van der Waals surface area contributed by atoms with E-state index in [0.29, 0.717) is 11.8 Å². The summed E-state index contributed by atoms with van der Waals surface area (Å²) in [5.74, 6) is -1.20. The van der Waals surface area contributed by atoms with Crippen LogP contribution in [0.1, 0.15) is 13.8 Å². The number of carboxylic acid groups (broad SMARTS) is 1. The van der Waals surface area contributed by atoms with Gasteiger partial charge < -0.3 is 15.5 Å². The maximum atomic E-state index is 10.5. The third-order valence-corrected chi connectivity index (χ3v) is 2.74. The van der Waals surface area contributed by atoms with Crippen molar-refractivity contribution in [3.63, 3.8) is 0 Å². The largest absolute Gasteiger partial charge is 0.479 e. The van der Waals surface area contributed by atoms with E-state index in [4.69, 9.17) is 5.11 Å². The standard InChI is InChI=1S/C8H17NO3S/c1-6(13-3)4-9-5-8(2,12)7(10)11/h6,9,12H,4-5H2,1-3H3,(H,10,11). The van der Waals surface area contributed by atoms with Crippen molar-refractivity contribution in [3.8, 4) is 0 Å². The summed E-state index contributed by atoms with van der Waals surface area (Å²) in [5, 5.41) is 21.2. The Balaban J connectivity index is 3.70. The molecule has 0 aliphatic heterocycles. The van der Waals surface area contributed by atoms with E-state index in [1.807, 2.05) is 13.2 Å². The summed E-state index contributed by atoms with van der Waals surface area (Å²) in [7, 11) is 0. The highest BCUT2D eigenvalue weighted by Gasteiger charge is 2.29. The van der Waals surface area contributed by atoms with E-state index in [1.54, 1.807) is 11.8 Å². The first-order valence-electron chi connectivity index (χ1n) is 4.09. The van der Waals surface area contributed by atoms with Crippen LogP contribution in [0.15, 0.2) is 0 Å². The molecule has 0 aliphatic carbocycles. The van der Waals surface area contributed by atoms with Gasteiger partial charge in [0.15, 0.2) is 5.60 Å². The zero-order valence-corrected chi connectivity index (χ0v) is 9.02. The van der Waals surface area contributed by atoms with Crippen LogP contribution in [0.3, 0.4) is 0 Å². The number of aliphatic carboxylic acids is 1. The third kappa shape index (κ3) is 5.13. The van der Waals surface area contributed by atoms with Crippen molar-refractivity contribution in [1.82, 2.24) is 5.32 Å². The Morgan fingerprint density at radius 3 is 2.62 bits per heavy atom. The van der Waals surface area contributed by atoms with E-state index in [9.17, 15) is 9.90 Å². The molecule has 0 bridgehead atoms. The van der Waals surface area contributed by atoms with Gasteiger partial charge in [-0.25, -0.2) is 4.79 Å². The molecule has 0 aromatic heterocycles. The van der Waals surface area contributed by atoms with Gasteiger partial charge in [-0.3, -0.25) is 0 Å². The van der Waals surface area contributed by atoms with Crippen LogP contribution in [-0.2, 0) is 4.79 Å². The first kappa shape index (κ1) is 12.7. The summed E-state index contributed by atoms with van der Waals surface area (Å²) in [6.45, 7) is 4.09. The number of hydrogen-bond donors (Lipinski definition) is 3. The summed E-state index contributed by atoms with van der Waals surface area (Å²) >= 11 is 1.69. The second-order valence-electron chi connectivity index (χ2n) is 3.26. The lowest BCUT2D eigenvalue weighted by Gasteiger charge is -2.19. The van der Waals surface area contributed by atoms with Gasteiger partial charge in [-0.2, -0.15) is 11.8 Å². The number of carboxylic acids is 1. The molecule has 0 aromatic rings. The first-order valence-corrected chi connectivity index (χ1v) is 5.38. The van der Waals surface area contributed by atoms with Gasteiger partial charge in [0.05, 0.1) is 0 Å². The van der Waals surface area contributed by atoms with E-state index in [-0.39, 0.29) is 6.54 Å². The molecular weight excluding hydrogens is 190 g/mol. The molecule has 13 heavy (non-hydrogen) atoms. The highest BCUT2D eigenvalue weighted by atomic mass is 32.2. The monoisotopic (exact) mass is 207 g/mol. The van der Waals surface area contributed by atoms with Gasteiger partial charge in [-0.05, 0) is 13.2 Å². The number of aliphatic hydroxyl groups is 1. The molecule has 2 unspecified atom stereocenters. The molecule has 0 rings (SSSR count). The van der Waals surface area contributed by atoms with Crippen LogP contribution < -0.4 is 5.32 Å². The molecular formula is C8H17NO3S. The second-order valence-corrected chi connectivity index (χ2v) is 4.53. The van der Waals surface area contributed by atoms with Crippen molar-refractivity contribution in [2.24, 2.45) is 0 Å². The number of carbonyl (C=O) groups is 1. The lowest BCUT2D eigenvalue weighted by atomic mass is 10.1. The van der Waals surface area contributed by atoms with Crippen LogP contribution >= 0.6 is 11.8 Å². The molecule has 2 atom stereocenters. The molecule has 0 amide bonds. The van der Waals surface area contributed by atoms with Gasteiger partial charge in [-0.15, -0.1) is 0 Å². The average molecular weight is 207 g/mol. The Labute approximate surface area is 82.7 Å². The van der Waals surface area contributed by atoms with Gasteiger partial charge >= 0.3 is 5.97 Å². The SMILES string of the molecule is CSC(C)CNCC(C)(O)C(=O)O. The van der Waals surface area contributed by atoms with Crippen molar-refractivity contribution in [1.29, 1.82) is 0 Å². The smallest absolute Gasteiger partial charge is 0.336 e. The highest BCUT2D eigenvalue weighted by molar-refractivity contribution is 7.99. The number of hydrogen-bond acceptors (Lipinski definition) is 4. The summed E-state index contributed by atoms with van der Waals surface area (Å²) in [4.78, 5) is 10.5. The number of rotatable bonds is 6. The van der Waals surface area contributed by atoms with Gasteiger partial charge in [0, 0.05) is 18.3 Å². The Kier molecular flexibility index (Phi) is 5.36. The van der Waals surface area contributed by atoms with Crippen LogP contribution in [-0.4, -0.2) is 46.4 Å². The van der Waals surface area contributed by atoms with Crippen molar-refractivity contribution >= 4 is 17.7 Å². The van der Waals surface area contributed by atoms with Crippen LogP contribution in [0.25, 0.3) is 0 Å². The molecule has 78 valence electrons. The minimum atomic E-state index is -1.67. The van der Waals surface area contributed by atoms with Crippen molar-refractivity contribution in [2.45, 2.75) is 24.7 Å². The predicted molar refractivity (Wildman–Crippen MR) is 54.1 cm³/mol. The van der Waals surface area contributed by atoms with Gasteiger partial charge in [0.2, 0.25) is 0 Å². The number of nitrogens with one attached hydrogen (secondary N) is 1. The molecule has 0 aliphatic rings. The zero-order valence-electron chi connectivity index (χ0n) is 8.20. The normalized spacial score (nSPS) is 17.8. The topological polar surface area (TPSA) is 69.6 Å². The molecule has 0 saturated carbocycles. The van der Waals surface area contributed by atoms with E-state index in [0.717, 1.165) is 0 Å². The van der Waals surface area contributed by atoms with Gasteiger partial charge in [0.1, 0.15) is 0 Å². The Morgan fingerprint density at radius 1 is 1.69 bits per heavy atom. The van der Waals surface area contributed by atoms with Crippen LogP contribution in [0.5, 0.6) is 0 Å². The fraction of sp³-hybridized carbons (Fsp3) is 0.875. The Hall–Kier alpha value is -0.260. The lowest BCUT2D eigenvalue weighted by molar-refractivity contribution is -0.156. The van der Waals surface area contributed by atoms with Crippen LogP contribution in [0, 0.1) is 0 Å². The summed E-state index contributed by atoms with van der Waals surface area (Å²) in [5.41, 5.74) is -1.67. The molecule has 0 spiro atoms. The quantitative estimate of drug-likeness (QED) is 0.579. The van der Waals surface area contributed by atoms with Crippen LogP contribution in [0.2, 0.25) is 0 Å². The third-order valence-electron chi connectivity index (χ3n) is 1.76. The van der Waals surface area contributed by atoms with Gasteiger partial charge in [-0.1, -0.05) is 6.92 Å². The number of thioether (sulfide) groups is 1. The Bertz CT molecular complexity index is 173. The molecule has 0 aromatic carbocycles. The minimum Gasteiger partial charge on any atom is -0.479 e. The molecule has 0 heterocycles. The first-order chi connectivity index (χ1) is 5.90. The minimum absolute atomic E-state index is 0.0766. The van der Waals surface area contributed by atoms with E-state index < -0.39 is 11.6 Å².